The maximum Gasteiger partial charge on any atom is 0.305 e. The molecule has 0 saturated heterocycles. The van der Waals surface area contributed by atoms with Gasteiger partial charge in [0.2, 0.25) is 0 Å². The molecule has 0 saturated carbocycles. The van der Waals surface area contributed by atoms with Crippen LogP contribution >= 0.6 is 12.6 Å². The zero-order valence-electron chi connectivity index (χ0n) is 11.4. The van der Waals surface area contributed by atoms with E-state index in [9.17, 15) is 14.4 Å². The van der Waals surface area contributed by atoms with Gasteiger partial charge in [0.25, 0.3) is 0 Å². The zero-order chi connectivity index (χ0) is 14.5. The Kier molecular flexibility index (Phi) is 11.4. The van der Waals surface area contributed by atoms with E-state index in [0.717, 1.165) is 19.3 Å². The van der Waals surface area contributed by atoms with E-state index in [0.29, 0.717) is 26.1 Å². The molecule has 0 aliphatic rings. The Labute approximate surface area is 119 Å². The summed E-state index contributed by atoms with van der Waals surface area (Å²) < 4.78 is 9.78. The van der Waals surface area contributed by atoms with Crippen molar-refractivity contribution < 1.29 is 23.9 Å². The first-order chi connectivity index (χ1) is 9.06. The van der Waals surface area contributed by atoms with Crippen LogP contribution in [0.4, 0.5) is 0 Å². The van der Waals surface area contributed by atoms with Gasteiger partial charge in [-0.1, -0.05) is 0 Å². The number of hydrogen-bond acceptors (Lipinski definition) is 5. The van der Waals surface area contributed by atoms with Gasteiger partial charge in [0.15, 0.2) is 5.12 Å². The van der Waals surface area contributed by atoms with E-state index in [-0.39, 0.29) is 29.9 Å². The lowest BCUT2D eigenvalue weighted by atomic mass is 10.2. The Morgan fingerprint density at radius 1 is 0.842 bits per heavy atom. The SMILES string of the molecule is CCOC(=O)CCCCCOC(=O)CCCC(=O)S. The largest absolute Gasteiger partial charge is 0.466 e. The van der Waals surface area contributed by atoms with Crippen molar-refractivity contribution >= 4 is 29.7 Å². The molecule has 0 aliphatic carbocycles. The summed E-state index contributed by atoms with van der Waals surface area (Å²) in [5, 5.41) is -0.216. The van der Waals surface area contributed by atoms with Gasteiger partial charge in [0.05, 0.1) is 13.2 Å². The van der Waals surface area contributed by atoms with Gasteiger partial charge in [-0.15, -0.1) is 12.6 Å². The summed E-state index contributed by atoms with van der Waals surface area (Å²) in [6, 6.07) is 0. The molecule has 0 spiro atoms. The fourth-order valence-electron chi connectivity index (χ4n) is 1.42. The molecule has 0 N–H and O–H groups in total. The molecule has 0 bridgehead atoms. The molecule has 0 aromatic rings. The molecule has 110 valence electrons. The average Bonchev–Trinajstić information content (AvgIpc) is 2.33. The predicted molar refractivity (Wildman–Crippen MR) is 73.9 cm³/mol. The van der Waals surface area contributed by atoms with Gasteiger partial charge in [-0.05, 0) is 32.6 Å². The van der Waals surface area contributed by atoms with Crippen LogP contribution in [0.5, 0.6) is 0 Å². The van der Waals surface area contributed by atoms with Crippen LogP contribution in [0.2, 0.25) is 0 Å². The van der Waals surface area contributed by atoms with Gasteiger partial charge in [-0.25, -0.2) is 0 Å². The maximum atomic E-state index is 11.2. The minimum absolute atomic E-state index is 0.184. The van der Waals surface area contributed by atoms with E-state index in [1.807, 2.05) is 0 Å². The molecule has 0 aromatic heterocycles. The summed E-state index contributed by atoms with van der Waals surface area (Å²) in [4.78, 5) is 32.8. The first-order valence-electron chi connectivity index (χ1n) is 6.59. The van der Waals surface area contributed by atoms with Crippen LogP contribution in [-0.4, -0.2) is 30.3 Å². The molecule has 0 heterocycles. The number of esters is 2. The molecule has 19 heavy (non-hydrogen) atoms. The second-order valence-corrected chi connectivity index (χ2v) is 4.58. The summed E-state index contributed by atoms with van der Waals surface area (Å²) in [5.41, 5.74) is 0. The Hall–Kier alpha value is -1.04. The lowest BCUT2D eigenvalue weighted by Crippen LogP contribution is -2.07. The van der Waals surface area contributed by atoms with E-state index in [2.05, 4.69) is 12.6 Å². The van der Waals surface area contributed by atoms with E-state index >= 15 is 0 Å². The third-order valence-corrected chi connectivity index (χ3v) is 2.59. The first-order valence-corrected chi connectivity index (χ1v) is 7.04. The van der Waals surface area contributed by atoms with Gasteiger partial charge in [0, 0.05) is 19.3 Å². The van der Waals surface area contributed by atoms with Crippen molar-refractivity contribution in [1.29, 1.82) is 0 Å². The lowest BCUT2D eigenvalue weighted by molar-refractivity contribution is -0.145. The number of thiol groups is 1. The first kappa shape index (κ1) is 18.0. The van der Waals surface area contributed by atoms with Crippen molar-refractivity contribution in [3.63, 3.8) is 0 Å². The van der Waals surface area contributed by atoms with Crippen molar-refractivity contribution in [3.8, 4) is 0 Å². The third-order valence-electron chi connectivity index (χ3n) is 2.37. The van der Waals surface area contributed by atoms with Crippen LogP contribution in [0.25, 0.3) is 0 Å². The summed E-state index contributed by atoms with van der Waals surface area (Å²) in [7, 11) is 0. The molecular formula is C13H22O5S. The van der Waals surface area contributed by atoms with Gasteiger partial charge >= 0.3 is 11.9 Å². The Morgan fingerprint density at radius 3 is 2.11 bits per heavy atom. The highest BCUT2D eigenvalue weighted by atomic mass is 32.1. The molecule has 0 aromatic carbocycles. The van der Waals surface area contributed by atoms with E-state index in [4.69, 9.17) is 9.47 Å². The van der Waals surface area contributed by atoms with Crippen LogP contribution in [0.3, 0.4) is 0 Å². The summed E-state index contributed by atoms with van der Waals surface area (Å²) >= 11 is 3.61. The number of ether oxygens (including phenoxy) is 2. The third kappa shape index (κ3) is 13.2. The molecule has 0 rings (SSSR count). The van der Waals surface area contributed by atoms with Crippen molar-refractivity contribution in [2.75, 3.05) is 13.2 Å². The maximum absolute atomic E-state index is 11.2. The molecule has 6 heteroatoms. The quantitative estimate of drug-likeness (QED) is 0.359. The van der Waals surface area contributed by atoms with Gasteiger partial charge < -0.3 is 9.47 Å². The molecule has 0 unspecified atom stereocenters. The lowest BCUT2D eigenvalue weighted by Gasteiger charge is -2.04. The van der Waals surface area contributed by atoms with Crippen LogP contribution in [0.1, 0.15) is 51.9 Å². The Balaban J connectivity index is 3.31. The Morgan fingerprint density at radius 2 is 1.47 bits per heavy atom. The number of carbonyl (C=O) groups is 3. The Bertz CT molecular complexity index is 291. The van der Waals surface area contributed by atoms with Crippen molar-refractivity contribution in [3.05, 3.63) is 0 Å². The van der Waals surface area contributed by atoms with Gasteiger partial charge in [0.1, 0.15) is 0 Å². The van der Waals surface area contributed by atoms with Crippen molar-refractivity contribution in [1.82, 2.24) is 0 Å². The number of carbonyl (C=O) groups excluding carboxylic acids is 3. The van der Waals surface area contributed by atoms with Crippen LogP contribution in [-0.2, 0) is 23.9 Å². The van der Waals surface area contributed by atoms with E-state index in [1.165, 1.54) is 0 Å². The highest BCUT2D eigenvalue weighted by Crippen LogP contribution is 2.04. The number of rotatable bonds is 11. The fraction of sp³-hybridized carbons (Fsp3) is 0.769. The number of hydrogen-bond donors (Lipinski definition) is 1. The van der Waals surface area contributed by atoms with Crippen LogP contribution in [0.15, 0.2) is 0 Å². The van der Waals surface area contributed by atoms with Crippen molar-refractivity contribution in [2.24, 2.45) is 0 Å². The molecule has 0 aliphatic heterocycles. The summed E-state index contributed by atoms with van der Waals surface area (Å²) in [6.07, 6.45) is 3.71. The molecule has 5 nitrogen and oxygen atoms in total. The molecular weight excluding hydrogens is 268 g/mol. The van der Waals surface area contributed by atoms with Crippen molar-refractivity contribution in [2.45, 2.75) is 51.9 Å². The topological polar surface area (TPSA) is 69.7 Å². The zero-order valence-corrected chi connectivity index (χ0v) is 12.2. The van der Waals surface area contributed by atoms with E-state index < -0.39 is 0 Å². The minimum Gasteiger partial charge on any atom is -0.466 e. The fourth-order valence-corrected chi connectivity index (χ4v) is 1.58. The number of unbranched alkanes of at least 4 members (excludes halogenated alkanes) is 2. The molecule has 0 atom stereocenters. The second kappa shape index (κ2) is 12.0. The highest BCUT2D eigenvalue weighted by molar-refractivity contribution is 7.96. The molecule has 0 amide bonds. The standard InChI is InChI=1S/C13H22O5S/c1-2-17-11(14)7-4-3-5-10-18-12(15)8-6-9-13(16)19/h2-10H2,1H3,(H,16,19). The summed E-state index contributed by atoms with van der Waals surface area (Å²) in [6.45, 7) is 2.54. The normalized spacial score (nSPS) is 10.0. The monoisotopic (exact) mass is 290 g/mol. The summed E-state index contributed by atoms with van der Waals surface area (Å²) in [5.74, 6) is -0.476. The highest BCUT2D eigenvalue weighted by Gasteiger charge is 2.04. The average molecular weight is 290 g/mol. The minimum atomic E-state index is -0.292. The molecule has 0 radical (unpaired) electrons. The van der Waals surface area contributed by atoms with E-state index in [1.54, 1.807) is 6.92 Å². The van der Waals surface area contributed by atoms with Gasteiger partial charge in [-0.2, -0.15) is 0 Å². The van der Waals surface area contributed by atoms with Crippen LogP contribution < -0.4 is 0 Å². The molecule has 0 fully saturated rings. The van der Waals surface area contributed by atoms with Crippen LogP contribution in [0, 0.1) is 0 Å². The smallest absolute Gasteiger partial charge is 0.305 e. The van der Waals surface area contributed by atoms with Gasteiger partial charge in [-0.3, -0.25) is 14.4 Å². The predicted octanol–water partition coefficient (Wildman–Crippen LogP) is 2.28. The second-order valence-electron chi connectivity index (χ2n) is 4.08.